The first-order valence-corrected chi connectivity index (χ1v) is 7.84. The molecular weight excluding hydrogens is 305 g/mol. The van der Waals surface area contributed by atoms with E-state index in [1.165, 1.54) is 6.20 Å². The zero-order chi connectivity index (χ0) is 15.4. The number of pyridine rings is 1. The van der Waals surface area contributed by atoms with E-state index in [1.54, 1.807) is 18.5 Å². The summed E-state index contributed by atoms with van der Waals surface area (Å²) in [7, 11) is 0. The topological polar surface area (TPSA) is 37.2 Å². The van der Waals surface area contributed by atoms with Crippen molar-refractivity contribution in [3.8, 4) is 0 Å². The van der Waals surface area contributed by atoms with Gasteiger partial charge in [0.1, 0.15) is 5.82 Å². The Balaban J connectivity index is 1.53. The summed E-state index contributed by atoms with van der Waals surface area (Å²) in [5, 5.41) is 4.86. The van der Waals surface area contributed by atoms with E-state index in [0.29, 0.717) is 5.02 Å². The van der Waals surface area contributed by atoms with Crippen LogP contribution < -0.4 is 4.90 Å². The average molecular weight is 324 g/mol. The molecule has 3 heterocycles. The zero-order valence-electron chi connectivity index (χ0n) is 12.3. The van der Waals surface area contributed by atoms with Gasteiger partial charge in [0.15, 0.2) is 0 Å². The molecule has 1 aliphatic rings. The number of rotatable bonds is 4. The van der Waals surface area contributed by atoms with Crippen molar-refractivity contribution >= 4 is 17.3 Å². The molecule has 2 aromatic heterocycles. The fraction of sp³-hybridized carbons (Fsp3) is 0.467. The van der Waals surface area contributed by atoms with Gasteiger partial charge in [0.05, 0.1) is 35.8 Å². The summed E-state index contributed by atoms with van der Waals surface area (Å²) in [5.41, 5.74) is 0.862. The first-order chi connectivity index (χ1) is 10.7. The molecule has 0 saturated carbocycles. The molecule has 5 nitrogen and oxygen atoms in total. The van der Waals surface area contributed by atoms with Gasteiger partial charge in [-0.2, -0.15) is 5.10 Å². The van der Waals surface area contributed by atoms with Crippen LogP contribution in [0.4, 0.5) is 10.1 Å². The van der Waals surface area contributed by atoms with Crippen LogP contribution >= 0.6 is 11.6 Å². The maximum atomic E-state index is 13.3. The Labute approximate surface area is 134 Å². The molecule has 1 saturated heterocycles. The van der Waals surface area contributed by atoms with Gasteiger partial charge >= 0.3 is 0 Å². The normalized spacial score (nSPS) is 16.7. The Kier molecular flexibility index (Phi) is 4.90. The Morgan fingerprint density at radius 3 is 2.77 bits per heavy atom. The Morgan fingerprint density at radius 2 is 2.00 bits per heavy atom. The van der Waals surface area contributed by atoms with Crippen LogP contribution in [0.1, 0.15) is 6.42 Å². The van der Waals surface area contributed by atoms with Gasteiger partial charge in [0, 0.05) is 38.4 Å². The van der Waals surface area contributed by atoms with Crippen molar-refractivity contribution in [2.24, 2.45) is 0 Å². The third-order valence-corrected chi connectivity index (χ3v) is 4.09. The van der Waals surface area contributed by atoms with Crippen molar-refractivity contribution in [1.82, 2.24) is 19.7 Å². The Hall–Kier alpha value is -1.66. The van der Waals surface area contributed by atoms with Gasteiger partial charge in [0.2, 0.25) is 0 Å². The molecule has 7 heteroatoms. The molecule has 22 heavy (non-hydrogen) atoms. The SMILES string of the molecule is Fc1cncc(N2CCCN(CCn3cc(Cl)cn3)CC2)c1. The number of hydrogen-bond donors (Lipinski definition) is 0. The molecule has 0 bridgehead atoms. The van der Waals surface area contributed by atoms with Crippen molar-refractivity contribution in [3.63, 3.8) is 0 Å². The quantitative estimate of drug-likeness (QED) is 0.865. The van der Waals surface area contributed by atoms with Gasteiger partial charge in [-0.25, -0.2) is 4.39 Å². The van der Waals surface area contributed by atoms with Crippen LogP contribution in [0, 0.1) is 5.82 Å². The lowest BCUT2D eigenvalue weighted by Gasteiger charge is -2.23. The fourth-order valence-electron chi connectivity index (χ4n) is 2.73. The first-order valence-electron chi connectivity index (χ1n) is 7.46. The second-order valence-corrected chi connectivity index (χ2v) is 5.90. The van der Waals surface area contributed by atoms with E-state index in [-0.39, 0.29) is 5.82 Å². The second-order valence-electron chi connectivity index (χ2n) is 5.47. The van der Waals surface area contributed by atoms with Gasteiger partial charge in [-0.1, -0.05) is 11.6 Å². The van der Waals surface area contributed by atoms with Crippen LogP contribution in [0.3, 0.4) is 0 Å². The minimum atomic E-state index is -0.283. The molecule has 2 aromatic rings. The van der Waals surface area contributed by atoms with E-state index >= 15 is 0 Å². The summed E-state index contributed by atoms with van der Waals surface area (Å²) in [4.78, 5) is 8.53. The fourth-order valence-corrected chi connectivity index (χ4v) is 2.89. The molecule has 0 spiro atoms. The lowest BCUT2D eigenvalue weighted by atomic mass is 10.3. The highest BCUT2D eigenvalue weighted by molar-refractivity contribution is 6.30. The minimum Gasteiger partial charge on any atom is -0.369 e. The lowest BCUT2D eigenvalue weighted by molar-refractivity contribution is 0.276. The van der Waals surface area contributed by atoms with Crippen molar-refractivity contribution < 1.29 is 4.39 Å². The van der Waals surface area contributed by atoms with Crippen molar-refractivity contribution in [2.45, 2.75) is 13.0 Å². The largest absolute Gasteiger partial charge is 0.369 e. The maximum Gasteiger partial charge on any atom is 0.143 e. The molecule has 3 rings (SSSR count). The van der Waals surface area contributed by atoms with E-state index in [9.17, 15) is 4.39 Å². The van der Waals surface area contributed by atoms with Crippen LogP contribution in [-0.4, -0.2) is 52.4 Å². The highest BCUT2D eigenvalue weighted by Crippen LogP contribution is 2.16. The molecule has 0 unspecified atom stereocenters. The second kappa shape index (κ2) is 7.07. The molecule has 118 valence electrons. The summed E-state index contributed by atoms with van der Waals surface area (Å²) in [6, 6.07) is 1.55. The van der Waals surface area contributed by atoms with E-state index in [1.807, 2.05) is 10.9 Å². The lowest BCUT2D eigenvalue weighted by Crippen LogP contribution is -2.32. The van der Waals surface area contributed by atoms with E-state index in [4.69, 9.17) is 11.6 Å². The van der Waals surface area contributed by atoms with Gasteiger partial charge in [-0.05, 0) is 13.0 Å². The van der Waals surface area contributed by atoms with Gasteiger partial charge in [-0.15, -0.1) is 0 Å². The summed E-state index contributed by atoms with van der Waals surface area (Å²) in [5.74, 6) is -0.283. The maximum absolute atomic E-state index is 13.3. The number of anilines is 1. The van der Waals surface area contributed by atoms with Crippen LogP contribution in [0.15, 0.2) is 30.9 Å². The molecule has 0 aromatic carbocycles. The summed E-state index contributed by atoms with van der Waals surface area (Å²) in [6.07, 6.45) is 7.51. The predicted octanol–water partition coefficient (Wildman–Crippen LogP) is 2.28. The smallest absolute Gasteiger partial charge is 0.143 e. The number of hydrogen-bond acceptors (Lipinski definition) is 4. The molecule has 0 N–H and O–H groups in total. The van der Waals surface area contributed by atoms with Crippen molar-refractivity contribution in [1.29, 1.82) is 0 Å². The standard InChI is InChI=1S/C15H19ClFN5/c16-13-9-19-22(12-13)7-5-20-2-1-3-21(6-4-20)15-8-14(17)10-18-11-15/h8-12H,1-7H2. The van der Waals surface area contributed by atoms with Crippen LogP contribution in [-0.2, 0) is 6.54 Å². The van der Waals surface area contributed by atoms with E-state index in [0.717, 1.165) is 51.4 Å². The molecule has 0 aliphatic carbocycles. The highest BCUT2D eigenvalue weighted by atomic mass is 35.5. The van der Waals surface area contributed by atoms with Gasteiger partial charge in [0.25, 0.3) is 0 Å². The number of aromatic nitrogens is 3. The highest BCUT2D eigenvalue weighted by Gasteiger charge is 2.15. The summed E-state index contributed by atoms with van der Waals surface area (Å²) >= 11 is 5.87. The average Bonchev–Trinajstić information content (AvgIpc) is 2.79. The minimum absolute atomic E-state index is 0.283. The molecule has 0 amide bonds. The van der Waals surface area contributed by atoms with Crippen molar-refractivity contribution in [3.05, 3.63) is 41.7 Å². The van der Waals surface area contributed by atoms with E-state index < -0.39 is 0 Å². The first kappa shape index (κ1) is 15.2. The van der Waals surface area contributed by atoms with Crippen LogP contribution in [0.2, 0.25) is 5.02 Å². The van der Waals surface area contributed by atoms with Crippen LogP contribution in [0.5, 0.6) is 0 Å². The van der Waals surface area contributed by atoms with Crippen molar-refractivity contribution in [2.75, 3.05) is 37.6 Å². The zero-order valence-corrected chi connectivity index (χ0v) is 13.1. The Bertz CT molecular complexity index is 617. The molecule has 1 aliphatic heterocycles. The van der Waals surface area contributed by atoms with Gasteiger partial charge in [-0.3, -0.25) is 14.6 Å². The monoisotopic (exact) mass is 323 g/mol. The molecule has 0 radical (unpaired) electrons. The number of halogens is 2. The predicted molar refractivity (Wildman–Crippen MR) is 84.7 cm³/mol. The molecule has 1 fully saturated rings. The van der Waals surface area contributed by atoms with Gasteiger partial charge < -0.3 is 4.90 Å². The third-order valence-electron chi connectivity index (χ3n) is 3.89. The molecule has 0 atom stereocenters. The number of nitrogens with zero attached hydrogens (tertiary/aromatic N) is 5. The summed E-state index contributed by atoms with van der Waals surface area (Å²) < 4.78 is 15.2. The third kappa shape index (κ3) is 3.96. The summed E-state index contributed by atoms with van der Waals surface area (Å²) in [6.45, 7) is 5.56. The molecular formula is C15H19ClFN5. The van der Waals surface area contributed by atoms with E-state index in [2.05, 4.69) is 19.9 Å². The van der Waals surface area contributed by atoms with Crippen LogP contribution in [0.25, 0.3) is 0 Å². The Morgan fingerprint density at radius 1 is 1.09 bits per heavy atom.